The summed E-state index contributed by atoms with van der Waals surface area (Å²) in [6.07, 6.45) is -3.02. The van der Waals surface area contributed by atoms with Crippen molar-refractivity contribution in [3.63, 3.8) is 0 Å². The first-order valence-electron chi connectivity index (χ1n) is 6.26. The molecule has 0 unspecified atom stereocenters. The van der Waals surface area contributed by atoms with Crippen molar-refractivity contribution in [2.24, 2.45) is 0 Å². The first kappa shape index (κ1) is 17.7. The molecule has 1 heterocycles. The van der Waals surface area contributed by atoms with Gasteiger partial charge in [-0.2, -0.15) is 13.2 Å². The van der Waals surface area contributed by atoms with Gasteiger partial charge in [-0.25, -0.2) is 4.39 Å². The lowest BCUT2D eigenvalue weighted by molar-refractivity contribution is -0.137. The number of benzene rings is 1. The van der Waals surface area contributed by atoms with E-state index >= 15 is 0 Å². The molecular formula is C13H15ClF4N2O. The Morgan fingerprint density at radius 3 is 2.62 bits per heavy atom. The number of hydrogen-bond acceptors (Lipinski definition) is 2. The lowest BCUT2D eigenvalue weighted by atomic mass is 10.1. The van der Waals surface area contributed by atoms with E-state index < -0.39 is 29.0 Å². The zero-order valence-electron chi connectivity index (χ0n) is 11.0. The smallest absolute Gasteiger partial charge is 0.348 e. The fourth-order valence-corrected chi connectivity index (χ4v) is 2.11. The summed E-state index contributed by atoms with van der Waals surface area (Å²) >= 11 is 0. The monoisotopic (exact) mass is 326 g/mol. The van der Waals surface area contributed by atoms with Gasteiger partial charge >= 0.3 is 6.18 Å². The summed E-state index contributed by atoms with van der Waals surface area (Å²) in [6.45, 7) is 1.37. The van der Waals surface area contributed by atoms with Crippen LogP contribution in [0.5, 0.6) is 0 Å². The number of hydrogen-bond donors (Lipinski definition) is 2. The highest BCUT2D eigenvalue weighted by Crippen LogP contribution is 2.30. The standard InChI is InChI=1S/C13H14F4N2O.ClH/c14-11-4-3-8(13(15,16)17)6-10(11)12(20)19-9-2-1-5-18-7-9;/h3-4,6,9,18H,1-2,5,7H2,(H,19,20);1H/t9-;/m0./s1. The number of carbonyl (C=O) groups excluding carboxylic acids is 1. The third kappa shape index (κ3) is 4.57. The molecule has 1 saturated heterocycles. The zero-order valence-corrected chi connectivity index (χ0v) is 11.8. The van der Waals surface area contributed by atoms with E-state index in [0.717, 1.165) is 19.4 Å². The first-order chi connectivity index (χ1) is 9.38. The molecule has 1 aromatic rings. The molecule has 0 aromatic heterocycles. The minimum atomic E-state index is -4.60. The summed E-state index contributed by atoms with van der Waals surface area (Å²) in [6, 6.07) is 1.64. The molecule has 3 nitrogen and oxygen atoms in total. The van der Waals surface area contributed by atoms with Crippen LogP contribution in [0.3, 0.4) is 0 Å². The number of carbonyl (C=O) groups is 1. The highest BCUT2D eigenvalue weighted by Gasteiger charge is 2.32. The normalized spacial score (nSPS) is 18.8. The van der Waals surface area contributed by atoms with Gasteiger partial charge in [0.25, 0.3) is 5.91 Å². The molecule has 1 aromatic carbocycles. The van der Waals surface area contributed by atoms with Crippen LogP contribution in [0, 0.1) is 5.82 Å². The SMILES string of the molecule is Cl.O=C(N[C@H]1CCCNC1)c1cc(C(F)(F)F)ccc1F. The van der Waals surface area contributed by atoms with Crippen molar-refractivity contribution in [3.8, 4) is 0 Å². The van der Waals surface area contributed by atoms with E-state index in [4.69, 9.17) is 0 Å². The van der Waals surface area contributed by atoms with E-state index in [1.54, 1.807) is 0 Å². The van der Waals surface area contributed by atoms with Crippen molar-refractivity contribution in [2.75, 3.05) is 13.1 Å². The molecule has 1 atom stereocenters. The van der Waals surface area contributed by atoms with Gasteiger partial charge < -0.3 is 10.6 Å². The Hall–Kier alpha value is -1.34. The van der Waals surface area contributed by atoms with Crippen LogP contribution >= 0.6 is 12.4 Å². The summed E-state index contributed by atoms with van der Waals surface area (Å²) in [4.78, 5) is 11.9. The van der Waals surface area contributed by atoms with Crippen LogP contribution in [0.15, 0.2) is 18.2 Å². The third-order valence-corrected chi connectivity index (χ3v) is 3.17. The van der Waals surface area contributed by atoms with Crippen LogP contribution < -0.4 is 10.6 Å². The summed E-state index contributed by atoms with van der Waals surface area (Å²) in [7, 11) is 0. The molecule has 2 N–H and O–H groups in total. The molecule has 1 fully saturated rings. The maximum absolute atomic E-state index is 13.5. The molecular weight excluding hydrogens is 312 g/mol. The molecule has 21 heavy (non-hydrogen) atoms. The summed E-state index contributed by atoms with van der Waals surface area (Å²) in [5.74, 6) is -1.78. The van der Waals surface area contributed by atoms with Gasteiger partial charge in [-0.15, -0.1) is 12.4 Å². The van der Waals surface area contributed by atoms with Gasteiger partial charge in [-0.3, -0.25) is 4.79 Å². The van der Waals surface area contributed by atoms with Crippen molar-refractivity contribution in [3.05, 3.63) is 35.1 Å². The van der Waals surface area contributed by atoms with Crippen LogP contribution in [0.1, 0.15) is 28.8 Å². The Morgan fingerprint density at radius 1 is 1.33 bits per heavy atom. The van der Waals surface area contributed by atoms with Crippen LogP contribution in [-0.2, 0) is 6.18 Å². The molecule has 0 radical (unpaired) electrons. The second kappa shape index (κ2) is 7.09. The number of nitrogens with one attached hydrogen (secondary N) is 2. The summed E-state index contributed by atoms with van der Waals surface area (Å²) in [5.41, 5.74) is -1.61. The quantitative estimate of drug-likeness (QED) is 0.821. The number of amides is 1. The number of piperidine rings is 1. The highest BCUT2D eigenvalue weighted by atomic mass is 35.5. The van der Waals surface area contributed by atoms with Gasteiger partial charge in [0.15, 0.2) is 0 Å². The third-order valence-electron chi connectivity index (χ3n) is 3.17. The van der Waals surface area contributed by atoms with Gasteiger partial charge in [0.1, 0.15) is 5.82 Å². The molecule has 0 spiro atoms. The minimum Gasteiger partial charge on any atom is -0.348 e. The van der Waals surface area contributed by atoms with Crippen molar-refractivity contribution in [2.45, 2.75) is 25.1 Å². The van der Waals surface area contributed by atoms with E-state index in [-0.39, 0.29) is 18.4 Å². The zero-order chi connectivity index (χ0) is 14.8. The first-order valence-corrected chi connectivity index (χ1v) is 6.26. The van der Waals surface area contributed by atoms with E-state index in [2.05, 4.69) is 10.6 Å². The lowest BCUT2D eigenvalue weighted by Crippen LogP contribution is -2.45. The molecule has 0 bridgehead atoms. The average Bonchev–Trinajstić information content (AvgIpc) is 2.39. The van der Waals surface area contributed by atoms with Crippen LogP contribution in [0.4, 0.5) is 17.6 Å². The second-order valence-electron chi connectivity index (χ2n) is 4.71. The van der Waals surface area contributed by atoms with Crippen molar-refractivity contribution < 1.29 is 22.4 Å². The van der Waals surface area contributed by atoms with Crippen molar-refractivity contribution >= 4 is 18.3 Å². The van der Waals surface area contributed by atoms with Gasteiger partial charge in [0, 0.05) is 12.6 Å². The minimum absolute atomic E-state index is 0. The maximum Gasteiger partial charge on any atom is 0.416 e. The van der Waals surface area contributed by atoms with Gasteiger partial charge in [-0.05, 0) is 37.6 Å². The van der Waals surface area contributed by atoms with Crippen LogP contribution in [-0.4, -0.2) is 25.0 Å². The van der Waals surface area contributed by atoms with Crippen molar-refractivity contribution in [1.29, 1.82) is 0 Å². The molecule has 8 heteroatoms. The molecule has 2 rings (SSSR count). The van der Waals surface area contributed by atoms with E-state index in [1.807, 2.05) is 0 Å². The molecule has 0 aliphatic carbocycles. The Kier molecular flexibility index (Phi) is 5.98. The Labute approximate surface area is 125 Å². The van der Waals surface area contributed by atoms with Gasteiger partial charge in [0.2, 0.25) is 0 Å². The Bertz CT molecular complexity index is 501. The molecule has 118 valence electrons. The molecule has 1 aliphatic rings. The van der Waals surface area contributed by atoms with Crippen LogP contribution in [0.25, 0.3) is 0 Å². The average molecular weight is 327 g/mol. The summed E-state index contributed by atoms with van der Waals surface area (Å²) < 4.78 is 51.2. The largest absolute Gasteiger partial charge is 0.416 e. The van der Waals surface area contributed by atoms with Gasteiger partial charge in [0.05, 0.1) is 11.1 Å². The lowest BCUT2D eigenvalue weighted by Gasteiger charge is -2.24. The second-order valence-corrected chi connectivity index (χ2v) is 4.71. The van der Waals surface area contributed by atoms with Gasteiger partial charge in [-0.1, -0.05) is 0 Å². The fourth-order valence-electron chi connectivity index (χ4n) is 2.11. The van der Waals surface area contributed by atoms with E-state index in [1.165, 1.54) is 0 Å². The number of alkyl halides is 3. The Morgan fingerprint density at radius 2 is 2.05 bits per heavy atom. The maximum atomic E-state index is 13.5. The molecule has 0 saturated carbocycles. The predicted molar refractivity (Wildman–Crippen MR) is 72.0 cm³/mol. The van der Waals surface area contributed by atoms with Crippen LogP contribution in [0.2, 0.25) is 0 Å². The van der Waals surface area contributed by atoms with E-state index in [0.29, 0.717) is 24.7 Å². The fraction of sp³-hybridized carbons (Fsp3) is 0.462. The molecule has 1 amide bonds. The van der Waals surface area contributed by atoms with E-state index in [9.17, 15) is 22.4 Å². The highest BCUT2D eigenvalue weighted by molar-refractivity contribution is 5.94. The number of rotatable bonds is 2. The predicted octanol–water partition coefficient (Wildman–Crippen LogP) is 2.75. The number of halogens is 5. The summed E-state index contributed by atoms with van der Waals surface area (Å²) in [5, 5.41) is 5.60. The molecule has 1 aliphatic heterocycles. The Balaban J connectivity index is 0.00000220. The topological polar surface area (TPSA) is 41.1 Å². The van der Waals surface area contributed by atoms with Crippen molar-refractivity contribution in [1.82, 2.24) is 10.6 Å².